The molecule has 2 N–H and O–H groups in total. The van der Waals surface area contributed by atoms with Gasteiger partial charge in [0.2, 0.25) is 0 Å². The smallest absolute Gasteiger partial charge is 0.259 e. The second-order valence-corrected chi connectivity index (χ2v) is 9.75. The lowest BCUT2D eigenvalue weighted by Gasteiger charge is -2.39. The highest BCUT2D eigenvalue weighted by atomic mass is 35.5. The second kappa shape index (κ2) is 8.85. The number of nitrogens with zero attached hydrogens (tertiary/aromatic N) is 5. The van der Waals surface area contributed by atoms with Gasteiger partial charge in [-0.3, -0.25) is 15.1 Å². The molecule has 35 heavy (non-hydrogen) atoms. The van der Waals surface area contributed by atoms with Gasteiger partial charge in [0.1, 0.15) is 11.4 Å². The van der Waals surface area contributed by atoms with Crippen LogP contribution in [-0.4, -0.2) is 38.1 Å². The van der Waals surface area contributed by atoms with E-state index in [0.717, 1.165) is 17.0 Å². The van der Waals surface area contributed by atoms with Crippen molar-refractivity contribution in [3.8, 4) is 22.9 Å². The number of aromatic nitrogens is 4. The largest absolute Gasteiger partial charge is 0.496 e. The molecule has 0 radical (unpaired) electrons. The molecule has 0 spiro atoms. The zero-order chi connectivity index (χ0) is 24.7. The lowest BCUT2D eigenvalue weighted by atomic mass is 9.70. The summed E-state index contributed by atoms with van der Waals surface area (Å²) in [6.07, 6.45) is 3.61. The molecule has 1 aliphatic rings. The van der Waals surface area contributed by atoms with Crippen LogP contribution in [0.1, 0.15) is 34.6 Å². The van der Waals surface area contributed by atoms with E-state index in [1.54, 1.807) is 31.4 Å². The molecule has 3 heterocycles. The normalized spacial score (nSPS) is 19.1. The van der Waals surface area contributed by atoms with Gasteiger partial charge in [0.15, 0.2) is 15.6 Å². The van der Waals surface area contributed by atoms with Crippen molar-refractivity contribution in [3.05, 3.63) is 58.6 Å². The Morgan fingerprint density at radius 2 is 2.06 bits per heavy atom. The van der Waals surface area contributed by atoms with Crippen LogP contribution in [0.25, 0.3) is 21.6 Å². The molecule has 0 bridgehead atoms. The molecule has 1 saturated carbocycles. The Hall–Kier alpha value is -3.65. The Morgan fingerprint density at radius 3 is 2.80 bits per heavy atom. The number of halogens is 1. The van der Waals surface area contributed by atoms with Gasteiger partial charge < -0.3 is 9.84 Å². The molecule has 0 unspecified atom stereocenters. The maximum absolute atomic E-state index is 13.3. The predicted octanol–water partition coefficient (Wildman–Crippen LogP) is 4.49. The number of anilines is 1. The van der Waals surface area contributed by atoms with Crippen molar-refractivity contribution >= 4 is 44.5 Å². The van der Waals surface area contributed by atoms with Gasteiger partial charge >= 0.3 is 0 Å². The molecule has 1 aliphatic carbocycles. The van der Waals surface area contributed by atoms with E-state index in [1.807, 2.05) is 6.92 Å². The van der Waals surface area contributed by atoms with Gasteiger partial charge in [-0.25, -0.2) is 9.97 Å². The Balaban J connectivity index is 1.45. The van der Waals surface area contributed by atoms with E-state index in [1.165, 1.54) is 12.4 Å². The number of nitriles is 1. The summed E-state index contributed by atoms with van der Waals surface area (Å²) in [7, 11) is 1.55. The first kappa shape index (κ1) is 23.1. The summed E-state index contributed by atoms with van der Waals surface area (Å²) in [6, 6.07) is 9.14. The van der Waals surface area contributed by atoms with E-state index in [-0.39, 0.29) is 5.92 Å². The van der Waals surface area contributed by atoms with Gasteiger partial charge in [-0.15, -0.1) is 0 Å². The third kappa shape index (κ3) is 4.30. The van der Waals surface area contributed by atoms with Crippen molar-refractivity contribution in [2.24, 2.45) is 5.92 Å². The summed E-state index contributed by atoms with van der Waals surface area (Å²) in [4.78, 5) is 31.2. The minimum Gasteiger partial charge on any atom is -0.496 e. The van der Waals surface area contributed by atoms with Crippen LogP contribution in [0.2, 0.25) is 5.02 Å². The van der Waals surface area contributed by atoms with Crippen LogP contribution < -0.4 is 10.1 Å². The highest BCUT2D eigenvalue weighted by Gasteiger charge is 2.45. The lowest BCUT2D eigenvalue weighted by molar-refractivity contribution is -0.0663. The summed E-state index contributed by atoms with van der Waals surface area (Å²) in [5.41, 5.74) is 1.93. The first-order valence-electron chi connectivity index (χ1n) is 10.7. The molecule has 1 fully saturated rings. The highest BCUT2D eigenvalue weighted by molar-refractivity contribution is 7.21. The summed E-state index contributed by atoms with van der Waals surface area (Å²) >= 11 is 7.37. The average molecular weight is 507 g/mol. The fraction of sp³-hybridized carbons (Fsp3) is 0.250. The van der Waals surface area contributed by atoms with Gasteiger partial charge in [0, 0.05) is 28.0 Å². The van der Waals surface area contributed by atoms with E-state index in [4.69, 9.17) is 21.6 Å². The average Bonchev–Trinajstić information content (AvgIpc) is 3.23. The predicted molar refractivity (Wildman–Crippen MR) is 131 cm³/mol. The number of nitrogens with one attached hydrogen (secondary N) is 1. The standard InChI is InChI=1S/C24H19ClN6O3S/c1-12-5-15(16-6-14(25)3-4-18(16)34-2)17(10-27-12)21(32)31-23-30-20-22(35-23)29-19(11-28-20)24(33)7-13(8-24)9-26/h3-6,10-11,13,33H,7-8H2,1-2H3,(H,28,30,31,32). The number of aliphatic hydroxyl groups is 1. The number of thiazole rings is 1. The van der Waals surface area contributed by atoms with E-state index in [9.17, 15) is 9.90 Å². The summed E-state index contributed by atoms with van der Waals surface area (Å²) in [5, 5.41) is 23.3. The summed E-state index contributed by atoms with van der Waals surface area (Å²) in [5.74, 6) is -0.0323. The first-order valence-corrected chi connectivity index (χ1v) is 11.9. The van der Waals surface area contributed by atoms with Gasteiger partial charge in [0.25, 0.3) is 5.91 Å². The van der Waals surface area contributed by atoms with Crippen molar-refractivity contribution in [3.63, 3.8) is 0 Å². The van der Waals surface area contributed by atoms with Crippen LogP contribution >= 0.6 is 22.9 Å². The second-order valence-electron chi connectivity index (χ2n) is 8.34. The number of pyridine rings is 1. The third-order valence-electron chi connectivity index (χ3n) is 5.91. The fourth-order valence-electron chi connectivity index (χ4n) is 4.07. The van der Waals surface area contributed by atoms with Crippen molar-refractivity contribution in [2.45, 2.75) is 25.4 Å². The first-order chi connectivity index (χ1) is 16.8. The Kier molecular flexibility index (Phi) is 5.84. The van der Waals surface area contributed by atoms with Crippen LogP contribution in [0, 0.1) is 24.2 Å². The third-order valence-corrected chi connectivity index (χ3v) is 7.00. The molecule has 4 aromatic rings. The van der Waals surface area contributed by atoms with Gasteiger partial charge in [-0.1, -0.05) is 22.9 Å². The zero-order valence-electron chi connectivity index (χ0n) is 18.7. The minimum atomic E-state index is -1.16. The van der Waals surface area contributed by atoms with E-state index in [0.29, 0.717) is 61.6 Å². The van der Waals surface area contributed by atoms with Gasteiger partial charge in [-0.05, 0) is 44.0 Å². The van der Waals surface area contributed by atoms with Crippen molar-refractivity contribution in [2.75, 3.05) is 12.4 Å². The number of rotatable bonds is 5. The number of benzene rings is 1. The highest BCUT2D eigenvalue weighted by Crippen LogP contribution is 2.44. The SMILES string of the molecule is COc1ccc(Cl)cc1-c1cc(C)ncc1C(=O)Nc1nc2ncc(C3(O)CC(C#N)C3)nc2s1. The molecular weight excluding hydrogens is 488 g/mol. The fourth-order valence-corrected chi connectivity index (χ4v) is 5.04. The number of methoxy groups -OCH3 is 1. The number of fused-ring (bicyclic) bond motifs is 1. The topological polar surface area (TPSA) is 134 Å². The van der Waals surface area contributed by atoms with E-state index >= 15 is 0 Å². The van der Waals surface area contributed by atoms with Crippen molar-refractivity contribution < 1.29 is 14.6 Å². The van der Waals surface area contributed by atoms with Crippen LogP contribution in [0.4, 0.5) is 5.13 Å². The molecular formula is C24H19ClN6O3S. The van der Waals surface area contributed by atoms with Gasteiger partial charge in [-0.2, -0.15) is 10.2 Å². The number of aryl methyl sites for hydroxylation is 1. The van der Waals surface area contributed by atoms with Gasteiger partial charge in [0.05, 0.1) is 36.6 Å². The maximum Gasteiger partial charge on any atom is 0.259 e. The molecule has 1 amide bonds. The molecule has 0 aliphatic heterocycles. The molecule has 9 nitrogen and oxygen atoms in total. The molecule has 176 valence electrons. The Bertz CT molecular complexity index is 1510. The van der Waals surface area contributed by atoms with Crippen LogP contribution in [0.5, 0.6) is 5.75 Å². The van der Waals surface area contributed by atoms with Crippen molar-refractivity contribution in [1.29, 1.82) is 5.26 Å². The molecule has 0 atom stereocenters. The Morgan fingerprint density at radius 1 is 1.26 bits per heavy atom. The van der Waals surface area contributed by atoms with E-state index < -0.39 is 11.5 Å². The van der Waals surface area contributed by atoms with Crippen molar-refractivity contribution in [1.82, 2.24) is 19.9 Å². The molecule has 5 rings (SSSR count). The number of amides is 1. The summed E-state index contributed by atoms with van der Waals surface area (Å²) in [6.45, 7) is 1.83. The minimum absolute atomic E-state index is 0.191. The van der Waals surface area contributed by atoms with Crippen LogP contribution in [0.15, 0.2) is 36.7 Å². The Labute approximate surface area is 209 Å². The number of ether oxygens (including phenoxy) is 1. The lowest BCUT2D eigenvalue weighted by Crippen LogP contribution is -2.41. The number of hydrogen-bond donors (Lipinski definition) is 2. The molecule has 1 aromatic carbocycles. The zero-order valence-corrected chi connectivity index (χ0v) is 20.3. The monoisotopic (exact) mass is 506 g/mol. The number of hydrogen-bond acceptors (Lipinski definition) is 9. The molecule has 3 aromatic heterocycles. The van der Waals surface area contributed by atoms with E-state index in [2.05, 4.69) is 31.3 Å². The number of carbonyl (C=O) groups excluding carboxylic acids is 1. The quantitative estimate of drug-likeness (QED) is 0.404. The van der Waals surface area contributed by atoms with Crippen LogP contribution in [-0.2, 0) is 5.60 Å². The number of carbonyl (C=O) groups is 1. The molecule has 0 saturated heterocycles. The maximum atomic E-state index is 13.3. The summed E-state index contributed by atoms with van der Waals surface area (Å²) < 4.78 is 5.48. The van der Waals surface area contributed by atoms with Crippen LogP contribution in [0.3, 0.4) is 0 Å². The molecule has 11 heteroatoms.